The van der Waals surface area contributed by atoms with Crippen molar-refractivity contribution in [2.24, 2.45) is 0 Å². The van der Waals surface area contributed by atoms with Crippen LogP contribution >= 0.6 is 0 Å². The monoisotopic (exact) mass is 257 g/mol. The number of carbonyl (C=O) groups is 1. The van der Waals surface area contributed by atoms with Gasteiger partial charge in [0.15, 0.2) is 0 Å². The number of aliphatic carboxylic acids is 1. The van der Waals surface area contributed by atoms with Crippen molar-refractivity contribution in [2.75, 3.05) is 39.8 Å². The Morgan fingerprint density at radius 2 is 2.17 bits per heavy atom. The molecule has 2 unspecified atom stereocenters. The summed E-state index contributed by atoms with van der Waals surface area (Å²) in [5.41, 5.74) is -0.808. The number of nitrogens with one attached hydrogen (secondary N) is 1. The summed E-state index contributed by atoms with van der Waals surface area (Å²) in [6, 6.07) is 0.503. The van der Waals surface area contributed by atoms with Crippen molar-refractivity contribution in [1.29, 1.82) is 0 Å². The Labute approximate surface area is 110 Å². The van der Waals surface area contributed by atoms with E-state index in [1.807, 2.05) is 6.92 Å². The average Bonchev–Trinajstić information content (AvgIpc) is 2.28. The standard InChI is InChI=1S/C13H27N3O2/c1-5-14-13(3,12(17)18)6-7-16-9-8-15(4)10-11(16)2/h11,14H,5-10H2,1-4H3,(H,17,18). The number of rotatable bonds is 6. The quantitative estimate of drug-likeness (QED) is 0.724. The number of hydrogen-bond donors (Lipinski definition) is 2. The maximum atomic E-state index is 11.3. The third-order valence-electron chi connectivity index (χ3n) is 3.91. The SMILES string of the molecule is CCNC(C)(CCN1CCN(C)CC1C)C(=O)O. The molecule has 0 amide bonds. The lowest BCUT2D eigenvalue weighted by Crippen LogP contribution is -2.55. The van der Waals surface area contributed by atoms with E-state index < -0.39 is 11.5 Å². The van der Waals surface area contributed by atoms with Crippen molar-refractivity contribution in [2.45, 2.75) is 38.8 Å². The summed E-state index contributed by atoms with van der Waals surface area (Å²) in [5, 5.41) is 12.4. The van der Waals surface area contributed by atoms with Gasteiger partial charge in [-0.05, 0) is 33.9 Å². The van der Waals surface area contributed by atoms with Crippen LogP contribution < -0.4 is 5.32 Å². The van der Waals surface area contributed by atoms with E-state index in [4.69, 9.17) is 0 Å². The largest absolute Gasteiger partial charge is 0.480 e. The molecule has 0 radical (unpaired) electrons. The van der Waals surface area contributed by atoms with Crippen LogP contribution in [0.3, 0.4) is 0 Å². The van der Waals surface area contributed by atoms with Crippen molar-refractivity contribution in [3.05, 3.63) is 0 Å². The second-order valence-electron chi connectivity index (χ2n) is 5.56. The summed E-state index contributed by atoms with van der Waals surface area (Å²) >= 11 is 0. The number of hydrogen-bond acceptors (Lipinski definition) is 4. The molecule has 0 aliphatic carbocycles. The number of carboxylic acid groups (broad SMARTS) is 1. The highest BCUT2D eigenvalue weighted by Crippen LogP contribution is 2.14. The summed E-state index contributed by atoms with van der Waals surface area (Å²) < 4.78 is 0. The predicted molar refractivity (Wildman–Crippen MR) is 72.9 cm³/mol. The topological polar surface area (TPSA) is 55.8 Å². The van der Waals surface area contributed by atoms with Gasteiger partial charge in [-0.2, -0.15) is 0 Å². The van der Waals surface area contributed by atoms with Crippen LogP contribution in [0.4, 0.5) is 0 Å². The molecule has 1 saturated heterocycles. The Morgan fingerprint density at radius 3 is 2.67 bits per heavy atom. The van der Waals surface area contributed by atoms with Crippen molar-refractivity contribution in [1.82, 2.24) is 15.1 Å². The fraction of sp³-hybridized carbons (Fsp3) is 0.923. The van der Waals surface area contributed by atoms with Crippen LogP contribution in [0.1, 0.15) is 27.2 Å². The summed E-state index contributed by atoms with van der Waals surface area (Å²) in [4.78, 5) is 16.0. The molecule has 0 aromatic carbocycles. The van der Waals surface area contributed by atoms with E-state index in [1.165, 1.54) is 0 Å². The molecule has 0 aromatic rings. The fourth-order valence-corrected chi connectivity index (χ4v) is 2.54. The summed E-state index contributed by atoms with van der Waals surface area (Å²) in [6.07, 6.45) is 0.643. The molecular formula is C13H27N3O2. The van der Waals surface area contributed by atoms with Crippen LogP contribution in [0.2, 0.25) is 0 Å². The van der Waals surface area contributed by atoms with E-state index in [2.05, 4.69) is 29.1 Å². The van der Waals surface area contributed by atoms with Gasteiger partial charge in [0.25, 0.3) is 0 Å². The first-order valence-electron chi connectivity index (χ1n) is 6.80. The van der Waals surface area contributed by atoms with Crippen LogP contribution in [0.5, 0.6) is 0 Å². The van der Waals surface area contributed by atoms with Crippen LogP contribution in [-0.2, 0) is 4.79 Å². The zero-order valence-corrected chi connectivity index (χ0v) is 12.1. The maximum Gasteiger partial charge on any atom is 0.323 e. The van der Waals surface area contributed by atoms with Crippen molar-refractivity contribution in [3.63, 3.8) is 0 Å². The second-order valence-corrected chi connectivity index (χ2v) is 5.56. The van der Waals surface area contributed by atoms with Gasteiger partial charge in [-0.3, -0.25) is 9.69 Å². The maximum absolute atomic E-state index is 11.3. The van der Waals surface area contributed by atoms with Gasteiger partial charge in [0, 0.05) is 32.2 Å². The first-order chi connectivity index (χ1) is 8.39. The third-order valence-corrected chi connectivity index (χ3v) is 3.91. The van der Waals surface area contributed by atoms with Gasteiger partial charge in [0.2, 0.25) is 0 Å². The zero-order valence-electron chi connectivity index (χ0n) is 12.1. The molecule has 0 aromatic heterocycles. The van der Waals surface area contributed by atoms with Crippen molar-refractivity contribution >= 4 is 5.97 Å². The molecule has 18 heavy (non-hydrogen) atoms. The molecule has 1 heterocycles. The normalized spacial score (nSPS) is 25.9. The number of carboxylic acids is 1. The van der Waals surface area contributed by atoms with Gasteiger partial charge in [0.05, 0.1) is 0 Å². The van der Waals surface area contributed by atoms with Gasteiger partial charge in [0.1, 0.15) is 5.54 Å². The molecule has 1 aliphatic heterocycles. The Bertz CT molecular complexity index is 285. The number of piperazine rings is 1. The van der Waals surface area contributed by atoms with Crippen molar-refractivity contribution in [3.8, 4) is 0 Å². The van der Waals surface area contributed by atoms with Crippen LogP contribution in [-0.4, -0.2) is 72.2 Å². The fourth-order valence-electron chi connectivity index (χ4n) is 2.54. The van der Waals surface area contributed by atoms with Crippen LogP contribution in [0, 0.1) is 0 Å². The number of likely N-dealkylation sites (N-methyl/N-ethyl adjacent to an activating group) is 2. The van der Waals surface area contributed by atoms with Gasteiger partial charge < -0.3 is 15.3 Å². The molecule has 2 N–H and O–H groups in total. The van der Waals surface area contributed by atoms with E-state index in [9.17, 15) is 9.90 Å². The van der Waals surface area contributed by atoms with E-state index in [0.717, 1.165) is 26.2 Å². The Balaban J connectivity index is 2.49. The molecule has 1 fully saturated rings. The van der Waals surface area contributed by atoms with E-state index in [-0.39, 0.29) is 0 Å². The minimum atomic E-state index is -0.808. The molecule has 5 nitrogen and oxygen atoms in total. The summed E-state index contributed by atoms with van der Waals surface area (Å²) in [7, 11) is 2.13. The van der Waals surface area contributed by atoms with Crippen LogP contribution in [0.15, 0.2) is 0 Å². The van der Waals surface area contributed by atoms with Gasteiger partial charge >= 0.3 is 5.97 Å². The average molecular weight is 257 g/mol. The number of nitrogens with zero attached hydrogens (tertiary/aromatic N) is 2. The summed E-state index contributed by atoms with van der Waals surface area (Å²) in [5.74, 6) is -0.758. The lowest BCUT2D eigenvalue weighted by atomic mass is 9.97. The first kappa shape index (κ1) is 15.4. The van der Waals surface area contributed by atoms with E-state index in [1.54, 1.807) is 6.92 Å². The molecule has 0 spiro atoms. The van der Waals surface area contributed by atoms with E-state index >= 15 is 0 Å². The highest BCUT2D eigenvalue weighted by molar-refractivity contribution is 5.78. The molecule has 1 rings (SSSR count). The minimum Gasteiger partial charge on any atom is -0.480 e. The predicted octanol–water partition coefficient (Wildman–Crippen LogP) is 0.465. The highest BCUT2D eigenvalue weighted by Gasteiger charge is 2.33. The third kappa shape index (κ3) is 3.93. The summed E-state index contributed by atoms with van der Waals surface area (Å²) in [6.45, 7) is 10.6. The zero-order chi connectivity index (χ0) is 13.8. The molecule has 0 bridgehead atoms. The second kappa shape index (κ2) is 6.50. The minimum absolute atomic E-state index is 0.503. The lowest BCUT2D eigenvalue weighted by molar-refractivity contribution is -0.144. The first-order valence-corrected chi connectivity index (χ1v) is 6.80. The molecule has 5 heteroatoms. The van der Waals surface area contributed by atoms with Crippen molar-refractivity contribution < 1.29 is 9.90 Å². The van der Waals surface area contributed by atoms with E-state index in [0.29, 0.717) is 19.0 Å². The Hall–Kier alpha value is -0.650. The lowest BCUT2D eigenvalue weighted by Gasteiger charge is -2.39. The molecule has 0 saturated carbocycles. The molecule has 106 valence electrons. The van der Waals surface area contributed by atoms with Gasteiger partial charge in [-0.25, -0.2) is 0 Å². The van der Waals surface area contributed by atoms with Crippen LogP contribution in [0.25, 0.3) is 0 Å². The molecule has 2 atom stereocenters. The Morgan fingerprint density at radius 1 is 1.50 bits per heavy atom. The molecule has 1 aliphatic rings. The molecular weight excluding hydrogens is 230 g/mol. The Kier molecular flexibility index (Phi) is 5.56. The van der Waals surface area contributed by atoms with Gasteiger partial charge in [-0.1, -0.05) is 6.92 Å². The highest BCUT2D eigenvalue weighted by atomic mass is 16.4. The smallest absolute Gasteiger partial charge is 0.323 e. The van der Waals surface area contributed by atoms with Gasteiger partial charge in [-0.15, -0.1) is 0 Å².